The van der Waals surface area contributed by atoms with E-state index in [1.165, 1.54) is 77.0 Å². The number of thiol groups is 2. The quantitative estimate of drug-likeness (QED) is 0.116. The Balaban J connectivity index is 0.517. The van der Waals surface area contributed by atoms with E-state index in [0.29, 0.717) is 54.3 Å². The highest BCUT2D eigenvalue weighted by molar-refractivity contribution is 8.00. The summed E-state index contributed by atoms with van der Waals surface area (Å²) in [6.07, 6.45) is 20.7. The van der Waals surface area contributed by atoms with Crippen LogP contribution in [0.4, 0.5) is 0 Å². The van der Waals surface area contributed by atoms with Gasteiger partial charge >= 0.3 is 11.9 Å². The molecule has 13 saturated carbocycles. The maximum Gasteiger partial charge on any atom is 0.306 e. The highest BCUT2D eigenvalue weighted by Crippen LogP contribution is 2.75. The lowest BCUT2D eigenvalue weighted by molar-refractivity contribution is -0.145. The van der Waals surface area contributed by atoms with E-state index in [4.69, 9.17) is 34.7 Å². The molecule has 56 heavy (non-hydrogen) atoms. The van der Waals surface area contributed by atoms with Gasteiger partial charge in [0.15, 0.2) is 0 Å². The molecule has 10 bridgehead atoms. The van der Waals surface area contributed by atoms with Gasteiger partial charge in [0.1, 0.15) is 0 Å². The summed E-state index contributed by atoms with van der Waals surface area (Å²) in [6.45, 7) is 1.27. The Bertz CT molecular complexity index is 1590. The van der Waals surface area contributed by atoms with Crippen molar-refractivity contribution in [1.29, 1.82) is 0 Å². The summed E-state index contributed by atoms with van der Waals surface area (Å²) < 4.78 is 12.0. The summed E-state index contributed by atoms with van der Waals surface area (Å²) in [5.41, 5.74) is 0. The molecule has 0 saturated heterocycles. The molecule has 308 valence electrons. The smallest absolute Gasteiger partial charge is 0.306 e. The first kappa shape index (κ1) is 36.9. The van der Waals surface area contributed by atoms with Crippen LogP contribution in [0.5, 0.6) is 0 Å². The summed E-state index contributed by atoms with van der Waals surface area (Å²) in [5, 5.41) is 2.92. The van der Waals surface area contributed by atoms with Crippen LogP contribution in [0.15, 0.2) is 0 Å². The van der Waals surface area contributed by atoms with Crippen molar-refractivity contribution in [2.45, 2.75) is 124 Å². The second kappa shape index (κ2) is 13.9. The summed E-state index contributed by atoms with van der Waals surface area (Å²) in [6, 6.07) is 0. The molecule has 26 unspecified atom stereocenters. The molecule has 0 N–H and O–H groups in total. The predicted octanol–water partition coefficient (Wildman–Crippen LogP) is 9.85. The standard InChI is InChI=1S/C48H68O4S4/c49-43(2-4-56-42-12-24-10-40(42)48-37-17-35(46(24)48)31-13-26(53)14-32(31)37)51-19-21-5-28-22-7-25(29(8-22)30(28)6-21)20-52-44(50)1-3-55-27-15-33-34(16-27)38-18-36(33)45-23-9-39(47(38)45)41(54)11-23/h21-42,45-48,53-54H,1-20H2. The average molecular weight is 837 g/mol. The van der Waals surface area contributed by atoms with Crippen molar-refractivity contribution in [3.63, 3.8) is 0 Å². The molecule has 0 spiro atoms. The monoisotopic (exact) mass is 836 g/mol. The molecule has 0 aromatic carbocycles. The van der Waals surface area contributed by atoms with Crippen LogP contribution in [-0.4, -0.2) is 57.7 Å². The summed E-state index contributed by atoms with van der Waals surface area (Å²) >= 11 is 14.2. The van der Waals surface area contributed by atoms with Crippen LogP contribution in [0.25, 0.3) is 0 Å². The molecule has 0 aromatic heterocycles. The minimum atomic E-state index is 0.0407. The summed E-state index contributed by atoms with van der Waals surface area (Å²) in [7, 11) is 0. The normalized spacial score (nSPS) is 59.0. The SMILES string of the molecule is O=C(CCSC1CC2CC1C1C3CC(C4CC(S)CC43)C21)OCC1CC2C3CC(COC(=O)CCSC4CC5C(C4)C4CC5C5C6CC(S)C(C6)C45)C(C3)C2C1. The number of rotatable bonds is 12. The number of carbonyl (C=O) groups excluding carboxylic acids is 2. The van der Waals surface area contributed by atoms with Crippen LogP contribution in [0, 0.1) is 130 Å². The van der Waals surface area contributed by atoms with Crippen LogP contribution in [-0.2, 0) is 19.1 Å². The van der Waals surface area contributed by atoms with E-state index < -0.39 is 0 Å². The number of fused-ring (bicyclic) bond motifs is 29. The fraction of sp³-hybridized carbons (Fsp3) is 0.958. The van der Waals surface area contributed by atoms with Crippen molar-refractivity contribution in [3.05, 3.63) is 0 Å². The van der Waals surface area contributed by atoms with E-state index >= 15 is 0 Å². The largest absolute Gasteiger partial charge is 0.465 e. The fourth-order valence-corrected chi connectivity index (χ4v) is 24.5. The summed E-state index contributed by atoms with van der Waals surface area (Å²) in [5.74, 6) is 22.1. The molecule has 0 radical (unpaired) electrons. The van der Waals surface area contributed by atoms with Gasteiger partial charge in [-0.2, -0.15) is 48.8 Å². The molecule has 13 aliphatic rings. The Kier molecular flexibility index (Phi) is 9.18. The van der Waals surface area contributed by atoms with Crippen molar-refractivity contribution >= 4 is 60.7 Å². The lowest BCUT2D eigenvalue weighted by atomic mass is 9.64. The van der Waals surface area contributed by atoms with Crippen LogP contribution in [0.3, 0.4) is 0 Å². The van der Waals surface area contributed by atoms with Gasteiger partial charge in [0, 0.05) is 32.5 Å². The van der Waals surface area contributed by atoms with Crippen molar-refractivity contribution in [1.82, 2.24) is 0 Å². The van der Waals surface area contributed by atoms with Crippen molar-refractivity contribution in [2.75, 3.05) is 24.7 Å². The van der Waals surface area contributed by atoms with Gasteiger partial charge in [0.2, 0.25) is 0 Å². The van der Waals surface area contributed by atoms with E-state index in [1.54, 1.807) is 12.8 Å². The fourth-order valence-electron chi connectivity index (χ4n) is 20.6. The van der Waals surface area contributed by atoms with Gasteiger partial charge in [0.05, 0.1) is 26.1 Å². The first-order valence-corrected chi connectivity index (χ1v) is 27.4. The third-order valence-corrected chi connectivity index (χ3v) is 25.4. The maximum atomic E-state index is 13.0. The number of hydrogen-bond donors (Lipinski definition) is 2. The molecule has 13 fully saturated rings. The highest BCUT2D eigenvalue weighted by Gasteiger charge is 2.70. The van der Waals surface area contributed by atoms with Gasteiger partial charge in [0.25, 0.3) is 0 Å². The van der Waals surface area contributed by atoms with Crippen molar-refractivity contribution in [2.24, 2.45) is 130 Å². The summed E-state index contributed by atoms with van der Waals surface area (Å²) in [4.78, 5) is 25.9. The molecular weight excluding hydrogens is 769 g/mol. The van der Waals surface area contributed by atoms with Gasteiger partial charge in [-0.15, -0.1) is 0 Å². The Morgan fingerprint density at radius 2 is 1.04 bits per heavy atom. The molecule has 26 atom stereocenters. The Labute approximate surface area is 356 Å². The third-order valence-electron chi connectivity index (χ3n) is 21.6. The van der Waals surface area contributed by atoms with Crippen LogP contribution >= 0.6 is 48.8 Å². The van der Waals surface area contributed by atoms with Gasteiger partial charge in [-0.05, 0) is 220 Å². The molecular formula is C48H68O4S4. The van der Waals surface area contributed by atoms with Gasteiger partial charge < -0.3 is 9.47 Å². The molecule has 13 aliphatic carbocycles. The van der Waals surface area contributed by atoms with Crippen LogP contribution < -0.4 is 0 Å². The van der Waals surface area contributed by atoms with E-state index in [0.717, 1.165) is 134 Å². The Morgan fingerprint density at radius 1 is 0.464 bits per heavy atom. The minimum Gasteiger partial charge on any atom is -0.465 e. The van der Waals surface area contributed by atoms with E-state index in [-0.39, 0.29) is 11.9 Å². The molecule has 4 nitrogen and oxygen atoms in total. The number of ether oxygens (including phenoxy) is 2. The first-order chi connectivity index (χ1) is 27.3. The molecule has 0 amide bonds. The lowest BCUT2D eigenvalue weighted by Crippen LogP contribution is -2.39. The van der Waals surface area contributed by atoms with Gasteiger partial charge in [-0.1, -0.05) is 0 Å². The zero-order chi connectivity index (χ0) is 37.1. The predicted molar refractivity (Wildman–Crippen MR) is 231 cm³/mol. The molecule has 8 heteroatoms. The number of hydrogen-bond acceptors (Lipinski definition) is 8. The van der Waals surface area contributed by atoms with Gasteiger partial charge in [-0.3, -0.25) is 9.59 Å². The van der Waals surface area contributed by atoms with E-state index in [2.05, 4.69) is 23.5 Å². The topological polar surface area (TPSA) is 52.6 Å². The third kappa shape index (κ3) is 5.59. The Morgan fingerprint density at radius 3 is 1.79 bits per heavy atom. The van der Waals surface area contributed by atoms with Crippen molar-refractivity contribution in [3.8, 4) is 0 Å². The lowest BCUT2D eigenvalue weighted by Gasteiger charge is -2.43. The molecule has 0 aliphatic heterocycles. The van der Waals surface area contributed by atoms with Crippen molar-refractivity contribution < 1.29 is 19.1 Å². The second-order valence-electron chi connectivity index (χ2n) is 23.1. The minimum absolute atomic E-state index is 0.0407. The number of esters is 2. The highest BCUT2D eigenvalue weighted by atomic mass is 32.2. The van der Waals surface area contributed by atoms with Gasteiger partial charge in [-0.25, -0.2) is 0 Å². The van der Waals surface area contributed by atoms with Crippen LogP contribution in [0.2, 0.25) is 0 Å². The van der Waals surface area contributed by atoms with E-state index in [9.17, 15) is 9.59 Å². The molecule has 13 rings (SSSR count). The first-order valence-electron chi connectivity index (χ1n) is 24.2. The molecule has 0 aromatic rings. The van der Waals surface area contributed by atoms with Crippen LogP contribution in [0.1, 0.15) is 103 Å². The number of thioether (sulfide) groups is 2. The van der Waals surface area contributed by atoms with E-state index in [1.807, 2.05) is 0 Å². The second-order valence-corrected chi connectivity index (χ2v) is 27.3. The Hall–Kier alpha value is 0.340. The number of carbonyl (C=O) groups is 2. The molecule has 0 heterocycles. The zero-order valence-corrected chi connectivity index (χ0v) is 36.9. The average Bonchev–Trinajstić information content (AvgIpc) is 3.99. The maximum absolute atomic E-state index is 13.0. The zero-order valence-electron chi connectivity index (χ0n) is 33.5.